The Kier molecular flexibility index (Phi) is 5.89. The molecule has 0 spiro atoms. The van der Waals surface area contributed by atoms with E-state index in [4.69, 9.17) is 15.2 Å². The van der Waals surface area contributed by atoms with Crippen LogP contribution in [0.25, 0.3) is 0 Å². The summed E-state index contributed by atoms with van der Waals surface area (Å²) in [5, 5.41) is 0. The van der Waals surface area contributed by atoms with Gasteiger partial charge >= 0.3 is 0 Å². The van der Waals surface area contributed by atoms with Crippen LogP contribution in [0.5, 0.6) is 5.75 Å². The molecule has 0 saturated heterocycles. The minimum Gasteiger partial charge on any atom is -0.493 e. The lowest BCUT2D eigenvalue weighted by Crippen LogP contribution is -2.03. The van der Waals surface area contributed by atoms with Gasteiger partial charge in [-0.25, -0.2) is 0 Å². The largest absolute Gasteiger partial charge is 0.493 e. The van der Waals surface area contributed by atoms with Crippen LogP contribution in [0, 0.1) is 0 Å². The molecule has 0 bridgehead atoms. The zero-order chi connectivity index (χ0) is 14.2. The van der Waals surface area contributed by atoms with Crippen LogP contribution in [0.4, 0.5) is 5.69 Å². The Balaban J connectivity index is 1.59. The molecule has 4 heteroatoms. The highest BCUT2D eigenvalue weighted by Gasteiger charge is 1.96. The molecule has 3 nitrogen and oxygen atoms in total. The molecule has 2 N–H and O–H groups in total. The van der Waals surface area contributed by atoms with Crippen LogP contribution < -0.4 is 10.5 Å². The molecule has 2 rings (SSSR count). The molecule has 0 heterocycles. The molecule has 0 aromatic heterocycles. The van der Waals surface area contributed by atoms with Crippen molar-refractivity contribution in [3.05, 3.63) is 58.6 Å². The number of hydrogen-bond acceptors (Lipinski definition) is 3. The van der Waals surface area contributed by atoms with Crippen molar-refractivity contribution in [1.82, 2.24) is 0 Å². The molecule has 0 fully saturated rings. The van der Waals surface area contributed by atoms with Gasteiger partial charge in [-0.2, -0.15) is 0 Å². The third-order valence-corrected chi connectivity index (χ3v) is 3.27. The smallest absolute Gasteiger partial charge is 0.121 e. The Bertz CT molecular complexity index is 528. The summed E-state index contributed by atoms with van der Waals surface area (Å²) >= 11 is 3.41. The van der Waals surface area contributed by atoms with E-state index in [1.807, 2.05) is 48.5 Å². The van der Waals surface area contributed by atoms with Gasteiger partial charge < -0.3 is 15.2 Å². The summed E-state index contributed by atoms with van der Waals surface area (Å²) in [6.07, 6.45) is 0.853. The summed E-state index contributed by atoms with van der Waals surface area (Å²) in [6.45, 7) is 1.94. The number of hydrogen-bond donors (Lipinski definition) is 1. The van der Waals surface area contributed by atoms with E-state index in [2.05, 4.69) is 15.9 Å². The summed E-state index contributed by atoms with van der Waals surface area (Å²) in [5.41, 5.74) is 7.57. The quantitative estimate of drug-likeness (QED) is 0.614. The van der Waals surface area contributed by atoms with Crippen LogP contribution in [-0.4, -0.2) is 13.2 Å². The van der Waals surface area contributed by atoms with E-state index in [1.165, 1.54) is 5.56 Å². The fourth-order valence-electron chi connectivity index (χ4n) is 1.73. The molecule has 2 aromatic rings. The number of nitrogens with two attached hydrogens (primary N) is 1. The number of rotatable bonds is 7. The third-order valence-electron chi connectivity index (χ3n) is 2.74. The van der Waals surface area contributed by atoms with Crippen molar-refractivity contribution in [2.24, 2.45) is 0 Å². The van der Waals surface area contributed by atoms with Gasteiger partial charge in [-0.05, 0) is 29.8 Å². The van der Waals surface area contributed by atoms with Gasteiger partial charge in [-0.15, -0.1) is 0 Å². The molecule has 0 aliphatic rings. The molecule has 20 heavy (non-hydrogen) atoms. The molecule has 0 aliphatic heterocycles. The van der Waals surface area contributed by atoms with Crippen LogP contribution in [0.2, 0.25) is 0 Å². The predicted octanol–water partition coefficient (Wildman–Crippen LogP) is 4.02. The van der Waals surface area contributed by atoms with Crippen molar-refractivity contribution in [3.63, 3.8) is 0 Å². The lowest BCUT2D eigenvalue weighted by Gasteiger charge is -2.07. The van der Waals surface area contributed by atoms with Gasteiger partial charge in [0.15, 0.2) is 0 Å². The van der Waals surface area contributed by atoms with Crippen molar-refractivity contribution in [3.8, 4) is 5.75 Å². The van der Waals surface area contributed by atoms with Crippen molar-refractivity contribution in [2.75, 3.05) is 18.9 Å². The molecule has 2 aromatic carbocycles. The number of anilines is 1. The number of halogens is 1. The Morgan fingerprint density at radius 1 is 1.00 bits per heavy atom. The van der Waals surface area contributed by atoms with E-state index >= 15 is 0 Å². The van der Waals surface area contributed by atoms with Crippen LogP contribution >= 0.6 is 15.9 Å². The van der Waals surface area contributed by atoms with Gasteiger partial charge in [0.2, 0.25) is 0 Å². The fourth-order valence-corrected chi connectivity index (χ4v) is 1.99. The van der Waals surface area contributed by atoms with Crippen molar-refractivity contribution in [2.45, 2.75) is 13.0 Å². The highest BCUT2D eigenvalue weighted by molar-refractivity contribution is 9.10. The van der Waals surface area contributed by atoms with Crippen molar-refractivity contribution >= 4 is 21.6 Å². The van der Waals surface area contributed by atoms with E-state index in [-0.39, 0.29) is 0 Å². The van der Waals surface area contributed by atoms with Gasteiger partial charge in [0.05, 0.1) is 19.8 Å². The minimum absolute atomic E-state index is 0.629. The normalized spacial score (nSPS) is 10.4. The van der Waals surface area contributed by atoms with Gasteiger partial charge in [-0.1, -0.05) is 34.1 Å². The van der Waals surface area contributed by atoms with Crippen LogP contribution in [0.3, 0.4) is 0 Å². The summed E-state index contributed by atoms with van der Waals surface area (Å²) in [6, 6.07) is 15.6. The van der Waals surface area contributed by atoms with Crippen molar-refractivity contribution in [1.29, 1.82) is 0 Å². The average Bonchev–Trinajstić information content (AvgIpc) is 2.45. The Labute approximate surface area is 127 Å². The number of benzene rings is 2. The number of ether oxygens (including phenoxy) is 2. The first-order valence-corrected chi connectivity index (χ1v) is 7.34. The first-order chi connectivity index (χ1) is 9.74. The molecular formula is C16H18BrNO2. The van der Waals surface area contributed by atoms with Crippen LogP contribution in [-0.2, 0) is 11.3 Å². The average molecular weight is 336 g/mol. The molecule has 0 radical (unpaired) electrons. The van der Waals surface area contributed by atoms with Gasteiger partial charge in [0, 0.05) is 22.6 Å². The van der Waals surface area contributed by atoms with Gasteiger partial charge in [0.1, 0.15) is 5.75 Å². The minimum atomic E-state index is 0.629. The lowest BCUT2D eigenvalue weighted by atomic mass is 10.2. The summed E-state index contributed by atoms with van der Waals surface area (Å²) in [7, 11) is 0. The maximum atomic E-state index is 5.68. The van der Waals surface area contributed by atoms with Gasteiger partial charge in [0.25, 0.3) is 0 Å². The maximum absolute atomic E-state index is 5.68. The summed E-state index contributed by atoms with van der Waals surface area (Å²) in [5.74, 6) is 0.804. The first kappa shape index (κ1) is 14.9. The van der Waals surface area contributed by atoms with Crippen LogP contribution in [0.1, 0.15) is 12.0 Å². The second-order valence-electron chi connectivity index (χ2n) is 4.45. The van der Waals surface area contributed by atoms with E-state index < -0.39 is 0 Å². The topological polar surface area (TPSA) is 44.5 Å². The lowest BCUT2D eigenvalue weighted by molar-refractivity contribution is 0.107. The Morgan fingerprint density at radius 3 is 2.55 bits per heavy atom. The Hall–Kier alpha value is -1.52. The van der Waals surface area contributed by atoms with E-state index in [1.54, 1.807) is 0 Å². The monoisotopic (exact) mass is 335 g/mol. The molecule has 0 atom stereocenters. The maximum Gasteiger partial charge on any atom is 0.121 e. The second-order valence-corrected chi connectivity index (χ2v) is 5.37. The Morgan fingerprint density at radius 2 is 1.80 bits per heavy atom. The SMILES string of the molecule is Nc1cccc(OCCCOCc2ccc(Br)cc2)c1. The van der Waals surface area contributed by atoms with E-state index in [9.17, 15) is 0 Å². The fraction of sp³-hybridized carbons (Fsp3) is 0.250. The zero-order valence-electron chi connectivity index (χ0n) is 11.2. The summed E-state index contributed by atoms with van der Waals surface area (Å²) in [4.78, 5) is 0. The highest BCUT2D eigenvalue weighted by atomic mass is 79.9. The van der Waals surface area contributed by atoms with E-state index in [0.29, 0.717) is 25.5 Å². The number of nitrogen functional groups attached to an aromatic ring is 1. The third kappa shape index (κ3) is 5.23. The molecule has 0 amide bonds. The molecule has 0 saturated carbocycles. The molecule has 106 valence electrons. The first-order valence-electron chi connectivity index (χ1n) is 6.54. The zero-order valence-corrected chi connectivity index (χ0v) is 12.8. The molecule has 0 aliphatic carbocycles. The van der Waals surface area contributed by atoms with Gasteiger partial charge in [-0.3, -0.25) is 0 Å². The van der Waals surface area contributed by atoms with Crippen LogP contribution in [0.15, 0.2) is 53.0 Å². The van der Waals surface area contributed by atoms with Crippen molar-refractivity contribution < 1.29 is 9.47 Å². The second kappa shape index (κ2) is 7.92. The molecule has 0 unspecified atom stereocenters. The standard InChI is InChI=1S/C16H18BrNO2/c17-14-7-5-13(6-8-14)12-19-9-2-10-20-16-4-1-3-15(18)11-16/h1,3-8,11H,2,9-10,12,18H2. The predicted molar refractivity (Wildman–Crippen MR) is 84.8 cm³/mol. The highest BCUT2D eigenvalue weighted by Crippen LogP contribution is 2.14. The molecular weight excluding hydrogens is 318 g/mol. The summed E-state index contributed by atoms with van der Waals surface area (Å²) < 4.78 is 12.3. The van der Waals surface area contributed by atoms with E-state index in [0.717, 1.165) is 16.6 Å².